The van der Waals surface area contributed by atoms with Gasteiger partial charge in [0, 0.05) is 59.5 Å². The predicted octanol–water partition coefficient (Wildman–Crippen LogP) is 5.58. The molecule has 4 nitrogen and oxygen atoms in total. The Morgan fingerprint density at radius 1 is 1.19 bits per heavy atom. The molecule has 0 aliphatic carbocycles. The summed E-state index contributed by atoms with van der Waals surface area (Å²) in [6.45, 7) is 6.91. The lowest BCUT2D eigenvalue weighted by atomic mass is 9.97. The summed E-state index contributed by atoms with van der Waals surface area (Å²) in [5.41, 5.74) is 10.3. The summed E-state index contributed by atoms with van der Waals surface area (Å²) < 4.78 is 4.99. The van der Waals surface area contributed by atoms with E-state index in [1.807, 2.05) is 11.9 Å². The van der Waals surface area contributed by atoms with Crippen molar-refractivity contribution in [3.63, 3.8) is 0 Å². The number of rotatable bonds is 8. The molecule has 1 aliphatic heterocycles. The summed E-state index contributed by atoms with van der Waals surface area (Å²) in [4.78, 5) is 0. The predicted molar refractivity (Wildman–Crippen MR) is 134 cm³/mol. The van der Waals surface area contributed by atoms with E-state index < -0.39 is 0 Å². The number of fused-ring (bicyclic) bond motifs is 1. The third-order valence-electron chi connectivity index (χ3n) is 6.26. The normalized spacial score (nSPS) is 19.2. The smallest absolute Gasteiger partial charge is 0.0480 e. The summed E-state index contributed by atoms with van der Waals surface area (Å²) >= 11 is 2.00. The maximum atomic E-state index is 7.53. The minimum Gasteiger partial charge on any atom is -0.404 e. The molecule has 1 aliphatic rings. The van der Waals surface area contributed by atoms with Crippen molar-refractivity contribution in [2.24, 2.45) is 11.7 Å². The van der Waals surface area contributed by atoms with Gasteiger partial charge in [0.05, 0.1) is 0 Å². The van der Waals surface area contributed by atoms with E-state index in [1.54, 1.807) is 0 Å². The molecular weight excluding hydrogens is 400 g/mol. The standard InChI is InChI=1S/C26H32N4S/c1-26(2)15-21(19-30(26)31-13-11-20-6-4-3-5-7-20)18-29-12-10-23-14-22(8-9-25(23)29)24(16-27)17-28/h3-10,12,14,16-17,21,27H,11,13,15,18-19,28H2,1-2H3/b24-17+,27-16?. The number of allylic oxidation sites excluding steroid dienone is 1. The van der Waals surface area contributed by atoms with Crippen molar-refractivity contribution < 1.29 is 0 Å². The molecular formula is C26H32N4S. The monoisotopic (exact) mass is 432 g/mol. The van der Waals surface area contributed by atoms with Gasteiger partial charge in [-0.1, -0.05) is 48.3 Å². The van der Waals surface area contributed by atoms with Gasteiger partial charge < -0.3 is 15.7 Å². The zero-order valence-electron chi connectivity index (χ0n) is 18.4. The van der Waals surface area contributed by atoms with Crippen LogP contribution in [0, 0.1) is 11.3 Å². The Morgan fingerprint density at radius 2 is 2.00 bits per heavy atom. The van der Waals surface area contributed by atoms with Gasteiger partial charge in [0.2, 0.25) is 0 Å². The molecule has 1 fully saturated rings. The second-order valence-electron chi connectivity index (χ2n) is 9.02. The van der Waals surface area contributed by atoms with E-state index in [2.05, 4.69) is 83.5 Å². The number of nitrogens with one attached hydrogen (secondary N) is 1. The number of aryl methyl sites for hydroxylation is 1. The molecule has 5 heteroatoms. The fraction of sp³-hybridized carbons (Fsp3) is 0.346. The van der Waals surface area contributed by atoms with Gasteiger partial charge in [-0.15, -0.1) is 0 Å². The van der Waals surface area contributed by atoms with Crippen molar-refractivity contribution in [3.8, 4) is 0 Å². The first-order chi connectivity index (χ1) is 15.0. The van der Waals surface area contributed by atoms with Crippen LogP contribution in [-0.4, -0.2) is 32.9 Å². The van der Waals surface area contributed by atoms with Gasteiger partial charge in [-0.3, -0.25) is 0 Å². The molecule has 4 rings (SSSR count). The fourth-order valence-electron chi connectivity index (χ4n) is 4.67. The van der Waals surface area contributed by atoms with Crippen LogP contribution in [0.3, 0.4) is 0 Å². The Balaban J connectivity index is 1.40. The summed E-state index contributed by atoms with van der Waals surface area (Å²) in [5.74, 6) is 1.76. The molecule has 3 N–H and O–H groups in total. The number of nitrogens with zero attached hydrogens (tertiary/aromatic N) is 2. The van der Waals surface area contributed by atoms with Gasteiger partial charge >= 0.3 is 0 Å². The second kappa shape index (κ2) is 9.33. The molecule has 1 aromatic heterocycles. The van der Waals surface area contributed by atoms with Crippen LogP contribution < -0.4 is 5.73 Å². The van der Waals surface area contributed by atoms with E-state index in [9.17, 15) is 0 Å². The van der Waals surface area contributed by atoms with E-state index in [0.717, 1.165) is 36.4 Å². The van der Waals surface area contributed by atoms with Crippen molar-refractivity contribution in [1.29, 1.82) is 5.41 Å². The zero-order chi connectivity index (χ0) is 21.8. The average Bonchev–Trinajstić information content (AvgIpc) is 3.29. The first kappa shape index (κ1) is 21.7. The van der Waals surface area contributed by atoms with Crippen LogP contribution in [0.2, 0.25) is 0 Å². The lowest BCUT2D eigenvalue weighted by Gasteiger charge is -2.30. The number of benzene rings is 2. The largest absolute Gasteiger partial charge is 0.404 e. The first-order valence-corrected chi connectivity index (χ1v) is 11.9. The molecule has 162 valence electrons. The Morgan fingerprint density at radius 3 is 2.74 bits per heavy atom. The van der Waals surface area contributed by atoms with Gasteiger partial charge in [-0.05, 0) is 61.9 Å². The van der Waals surface area contributed by atoms with Gasteiger partial charge in [0.25, 0.3) is 0 Å². The summed E-state index contributed by atoms with van der Waals surface area (Å²) in [6, 6.07) is 19.3. The van der Waals surface area contributed by atoms with Crippen LogP contribution in [0.5, 0.6) is 0 Å². The SMILES string of the molecule is CC1(C)CC(Cn2ccc3cc(/C(C=N)=C/N)ccc32)CN1SCCc1ccccc1. The molecule has 0 radical (unpaired) electrons. The third kappa shape index (κ3) is 4.89. The number of nitrogens with two attached hydrogens (primary N) is 1. The van der Waals surface area contributed by atoms with Crippen molar-refractivity contribution in [2.45, 2.75) is 38.8 Å². The zero-order valence-corrected chi connectivity index (χ0v) is 19.2. The molecule has 3 aromatic rings. The molecule has 0 bridgehead atoms. The van der Waals surface area contributed by atoms with Crippen molar-refractivity contribution in [2.75, 3.05) is 12.3 Å². The Bertz CT molecular complexity index is 1070. The van der Waals surface area contributed by atoms with Crippen LogP contribution in [0.15, 0.2) is 67.0 Å². The lowest BCUT2D eigenvalue weighted by Crippen LogP contribution is -2.32. The molecule has 1 saturated heterocycles. The second-order valence-corrected chi connectivity index (χ2v) is 10.1. The maximum Gasteiger partial charge on any atom is 0.0480 e. The Labute approximate surface area is 189 Å². The molecule has 0 amide bonds. The van der Waals surface area contributed by atoms with Gasteiger partial charge in [-0.25, -0.2) is 4.31 Å². The summed E-state index contributed by atoms with van der Waals surface area (Å²) in [6.07, 6.45) is 7.32. The Hall–Kier alpha value is -2.50. The highest BCUT2D eigenvalue weighted by molar-refractivity contribution is 7.97. The maximum absolute atomic E-state index is 7.53. The molecule has 2 aromatic carbocycles. The van der Waals surface area contributed by atoms with E-state index in [4.69, 9.17) is 11.1 Å². The van der Waals surface area contributed by atoms with Gasteiger partial charge in [0.15, 0.2) is 0 Å². The topological polar surface area (TPSA) is 58.0 Å². The van der Waals surface area contributed by atoms with E-state index >= 15 is 0 Å². The van der Waals surface area contributed by atoms with Crippen molar-refractivity contribution >= 4 is 34.6 Å². The highest BCUT2D eigenvalue weighted by Crippen LogP contribution is 2.39. The minimum absolute atomic E-state index is 0.215. The quantitative estimate of drug-likeness (QED) is 0.361. The Kier molecular flexibility index (Phi) is 6.54. The number of hydrogen-bond donors (Lipinski definition) is 2. The number of hydrogen-bond acceptors (Lipinski definition) is 4. The fourth-order valence-corrected chi connectivity index (χ4v) is 5.95. The lowest BCUT2D eigenvalue weighted by molar-refractivity contribution is 0.319. The van der Waals surface area contributed by atoms with Crippen LogP contribution >= 0.6 is 11.9 Å². The molecule has 2 heterocycles. The highest BCUT2D eigenvalue weighted by Gasteiger charge is 2.38. The van der Waals surface area contributed by atoms with Crippen LogP contribution in [0.25, 0.3) is 16.5 Å². The highest BCUT2D eigenvalue weighted by atomic mass is 32.2. The van der Waals surface area contributed by atoms with Crippen molar-refractivity contribution in [1.82, 2.24) is 8.87 Å². The van der Waals surface area contributed by atoms with E-state index in [1.165, 1.54) is 35.3 Å². The van der Waals surface area contributed by atoms with Crippen LogP contribution in [0.4, 0.5) is 0 Å². The van der Waals surface area contributed by atoms with E-state index in [0.29, 0.717) is 5.92 Å². The molecule has 0 spiro atoms. The van der Waals surface area contributed by atoms with Crippen molar-refractivity contribution in [3.05, 3.63) is 78.1 Å². The van der Waals surface area contributed by atoms with Crippen LogP contribution in [-0.2, 0) is 13.0 Å². The number of aromatic nitrogens is 1. The first-order valence-electron chi connectivity index (χ1n) is 11.0. The molecule has 1 unspecified atom stereocenters. The van der Waals surface area contributed by atoms with Gasteiger partial charge in [0.1, 0.15) is 0 Å². The molecule has 1 atom stereocenters. The average molecular weight is 433 g/mol. The van der Waals surface area contributed by atoms with Gasteiger partial charge in [-0.2, -0.15) is 0 Å². The van der Waals surface area contributed by atoms with E-state index in [-0.39, 0.29) is 5.54 Å². The molecule has 0 saturated carbocycles. The molecule has 31 heavy (non-hydrogen) atoms. The minimum atomic E-state index is 0.215. The summed E-state index contributed by atoms with van der Waals surface area (Å²) in [7, 11) is 0. The van der Waals surface area contributed by atoms with Crippen LogP contribution in [0.1, 0.15) is 31.4 Å². The summed E-state index contributed by atoms with van der Waals surface area (Å²) in [5, 5.41) is 8.73. The third-order valence-corrected chi connectivity index (χ3v) is 7.60.